The van der Waals surface area contributed by atoms with Crippen molar-refractivity contribution in [3.05, 3.63) is 58.6 Å². The number of aromatic carboxylic acids is 1. The third kappa shape index (κ3) is 4.13. The summed E-state index contributed by atoms with van der Waals surface area (Å²) < 4.78 is 11.1. The van der Waals surface area contributed by atoms with Gasteiger partial charge >= 0.3 is 5.97 Å². The van der Waals surface area contributed by atoms with E-state index in [1.54, 1.807) is 36.4 Å². The Kier molecular flexibility index (Phi) is 5.06. The zero-order valence-corrected chi connectivity index (χ0v) is 12.3. The molecule has 0 spiro atoms. The van der Waals surface area contributed by atoms with E-state index in [-0.39, 0.29) is 12.2 Å². The Morgan fingerprint density at radius 3 is 2.67 bits per heavy atom. The van der Waals surface area contributed by atoms with E-state index >= 15 is 0 Å². The third-order valence-corrected chi connectivity index (χ3v) is 3.03. The summed E-state index contributed by atoms with van der Waals surface area (Å²) in [7, 11) is 0. The molecule has 1 N–H and O–H groups in total. The molecule has 4 nitrogen and oxygen atoms in total. The Hall–Kier alpha value is -2.20. The van der Waals surface area contributed by atoms with Crippen LogP contribution in [0.1, 0.15) is 22.8 Å². The van der Waals surface area contributed by atoms with Crippen LogP contribution < -0.4 is 9.47 Å². The van der Waals surface area contributed by atoms with Crippen LogP contribution in [0.15, 0.2) is 42.5 Å². The van der Waals surface area contributed by atoms with Crippen LogP contribution in [0.5, 0.6) is 11.5 Å². The van der Waals surface area contributed by atoms with Crippen LogP contribution in [0, 0.1) is 0 Å². The van der Waals surface area contributed by atoms with Gasteiger partial charge in [-0.05, 0) is 43.3 Å². The van der Waals surface area contributed by atoms with Crippen LogP contribution >= 0.6 is 11.6 Å². The van der Waals surface area contributed by atoms with Crippen LogP contribution in [0.3, 0.4) is 0 Å². The first-order valence-electron chi connectivity index (χ1n) is 6.47. The van der Waals surface area contributed by atoms with E-state index in [4.69, 9.17) is 26.2 Å². The Morgan fingerprint density at radius 2 is 2.00 bits per heavy atom. The Morgan fingerprint density at radius 1 is 1.19 bits per heavy atom. The van der Waals surface area contributed by atoms with E-state index < -0.39 is 5.97 Å². The fourth-order valence-electron chi connectivity index (χ4n) is 1.84. The second-order valence-electron chi connectivity index (χ2n) is 4.31. The first-order chi connectivity index (χ1) is 10.1. The Balaban J connectivity index is 2.20. The van der Waals surface area contributed by atoms with Crippen LogP contribution in [-0.2, 0) is 6.61 Å². The number of carboxylic acid groups (broad SMARTS) is 1. The molecule has 0 saturated carbocycles. The van der Waals surface area contributed by atoms with Crippen molar-refractivity contribution in [2.75, 3.05) is 6.61 Å². The second kappa shape index (κ2) is 6.99. The lowest BCUT2D eigenvalue weighted by Gasteiger charge is -2.12. The summed E-state index contributed by atoms with van der Waals surface area (Å²) in [5.41, 5.74) is 0.875. The van der Waals surface area contributed by atoms with Gasteiger partial charge in [-0.2, -0.15) is 0 Å². The molecule has 0 fully saturated rings. The maximum absolute atomic E-state index is 11.0. The predicted molar refractivity (Wildman–Crippen MR) is 80.4 cm³/mol. The number of carbonyl (C=O) groups is 1. The standard InChI is InChI=1S/C16H15ClO4/c1-2-20-15-7-6-11(16(18)19)8-12(15)10-21-14-5-3-4-13(17)9-14/h3-9H,2,10H2,1H3,(H,18,19). The minimum Gasteiger partial charge on any atom is -0.493 e. The zero-order valence-electron chi connectivity index (χ0n) is 11.5. The van der Waals surface area contributed by atoms with Gasteiger partial charge in [0.2, 0.25) is 0 Å². The molecule has 0 radical (unpaired) electrons. The number of carboxylic acids is 1. The molecule has 110 valence electrons. The third-order valence-electron chi connectivity index (χ3n) is 2.80. The number of ether oxygens (including phenoxy) is 2. The molecule has 2 rings (SSSR count). The average molecular weight is 307 g/mol. The lowest BCUT2D eigenvalue weighted by Crippen LogP contribution is -2.04. The van der Waals surface area contributed by atoms with Gasteiger partial charge in [0.1, 0.15) is 18.1 Å². The van der Waals surface area contributed by atoms with Gasteiger partial charge in [0.05, 0.1) is 12.2 Å². The van der Waals surface area contributed by atoms with Gasteiger partial charge in [-0.1, -0.05) is 17.7 Å². The highest BCUT2D eigenvalue weighted by atomic mass is 35.5. The van der Waals surface area contributed by atoms with Crippen molar-refractivity contribution in [1.29, 1.82) is 0 Å². The van der Waals surface area contributed by atoms with Crippen molar-refractivity contribution in [1.82, 2.24) is 0 Å². The average Bonchev–Trinajstić information content (AvgIpc) is 2.46. The van der Waals surface area contributed by atoms with E-state index in [0.717, 1.165) is 0 Å². The number of halogens is 1. The maximum atomic E-state index is 11.0. The molecule has 5 heteroatoms. The summed E-state index contributed by atoms with van der Waals surface area (Å²) in [6.45, 7) is 2.57. The molecule has 21 heavy (non-hydrogen) atoms. The number of rotatable bonds is 6. The van der Waals surface area contributed by atoms with Crippen LogP contribution in [0.25, 0.3) is 0 Å². The molecule has 0 aromatic heterocycles. The molecule has 0 aliphatic heterocycles. The molecule has 0 saturated heterocycles. The topological polar surface area (TPSA) is 55.8 Å². The van der Waals surface area contributed by atoms with Crippen molar-refractivity contribution in [3.8, 4) is 11.5 Å². The maximum Gasteiger partial charge on any atom is 0.335 e. The molecular weight excluding hydrogens is 292 g/mol. The second-order valence-corrected chi connectivity index (χ2v) is 4.74. The van der Waals surface area contributed by atoms with Crippen molar-refractivity contribution in [2.24, 2.45) is 0 Å². The summed E-state index contributed by atoms with van der Waals surface area (Å²) in [5.74, 6) is 0.247. The minimum absolute atomic E-state index is 0.197. The van der Waals surface area contributed by atoms with E-state index in [1.165, 1.54) is 6.07 Å². The van der Waals surface area contributed by atoms with Gasteiger partial charge in [-0.3, -0.25) is 0 Å². The first kappa shape index (κ1) is 15.2. The summed E-state index contributed by atoms with van der Waals surface area (Å²) >= 11 is 5.89. The highest BCUT2D eigenvalue weighted by molar-refractivity contribution is 6.30. The molecule has 0 atom stereocenters. The first-order valence-corrected chi connectivity index (χ1v) is 6.85. The number of benzene rings is 2. The lowest BCUT2D eigenvalue weighted by atomic mass is 10.1. The summed E-state index contributed by atoms with van der Waals surface area (Å²) in [4.78, 5) is 11.0. The highest BCUT2D eigenvalue weighted by Gasteiger charge is 2.10. The summed E-state index contributed by atoms with van der Waals surface area (Å²) in [6, 6.07) is 11.7. The van der Waals surface area contributed by atoms with Gasteiger partial charge in [0.25, 0.3) is 0 Å². The minimum atomic E-state index is -0.984. The summed E-state index contributed by atoms with van der Waals surface area (Å²) in [6.07, 6.45) is 0. The Bertz CT molecular complexity index is 640. The van der Waals surface area contributed by atoms with Crippen LogP contribution in [0.2, 0.25) is 5.02 Å². The van der Waals surface area contributed by atoms with E-state index in [2.05, 4.69) is 0 Å². The van der Waals surface area contributed by atoms with Gasteiger partial charge in [-0.25, -0.2) is 4.79 Å². The SMILES string of the molecule is CCOc1ccc(C(=O)O)cc1COc1cccc(Cl)c1. The van der Waals surface area contributed by atoms with Gasteiger partial charge < -0.3 is 14.6 Å². The van der Waals surface area contributed by atoms with E-state index in [1.807, 2.05) is 6.92 Å². The summed E-state index contributed by atoms with van der Waals surface area (Å²) in [5, 5.41) is 9.63. The van der Waals surface area contributed by atoms with Gasteiger partial charge in [0.15, 0.2) is 0 Å². The molecule has 0 unspecified atom stereocenters. The fraction of sp³-hybridized carbons (Fsp3) is 0.188. The van der Waals surface area contributed by atoms with Crippen LogP contribution in [0.4, 0.5) is 0 Å². The van der Waals surface area contributed by atoms with Gasteiger partial charge in [0, 0.05) is 10.6 Å². The fourth-order valence-corrected chi connectivity index (χ4v) is 2.02. The molecule has 0 heterocycles. The number of hydrogen-bond donors (Lipinski definition) is 1. The van der Waals surface area contributed by atoms with Crippen molar-refractivity contribution in [2.45, 2.75) is 13.5 Å². The van der Waals surface area contributed by atoms with Crippen LogP contribution in [-0.4, -0.2) is 17.7 Å². The van der Waals surface area contributed by atoms with Crippen molar-refractivity contribution in [3.63, 3.8) is 0 Å². The smallest absolute Gasteiger partial charge is 0.335 e. The zero-order chi connectivity index (χ0) is 15.2. The number of hydrogen-bond acceptors (Lipinski definition) is 3. The van der Waals surface area contributed by atoms with E-state index in [9.17, 15) is 4.79 Å². The quantitative estimate of drug-likeness (QED) is 0.876. The lowest BCUT2D eigenvalue weighted by molar-refractivity contribution is 0.0696. The molecule has 0 aliphatic carbocycles. The Labute approximate surface area is 127 Å². The van der Waals surface area contributed by atoms with Crippen molar-refractivity contribution >= 4 is 17.6 Å². The molecular formula is C16H15ClO4. The monoisotopic (exact) mass is 306 g/mol. The van der Waals surface area contributed by atoms with Gasteiger partial charge in [-0.15, -0.1) is 0 Å². The predicted octanol–water partition coefficient (Wildman–Crippen LogP) is 4.02. The molecule has 2 aromatic rings. The molecule has 2 aromatic carbocycles. The highest BCUT2D eigenvalue weighted by Crippen LogP contribution is 2.24. The van der Waals surface area contributed by atoms with E-state index in [0.29, 0.717) is 28.7 Å². The largest absolute Gasteiger partial charge is 0.493 e. The normalized spacial score (nSPS) is 10.2. The molecule has 0 amide bonds. The van der Waals surface area contributed by atoms with Crippen molar-refractivity contribution < 1.29 is 19.4 Å². The molecule has 0 bridgehead atoms. The molecule has 0 aliphatic rings.